The Labute approximate surface area is 49.9 Å². The Morgan fingerprint density at radius 3 is 3.00 bits per heavy atom. The van der Waals surface area contributed by atoms with Gasteiger partial charge < -0.3 is 5.43 Å². The Morgan fingerprint density at radius 2 is 2.50 bits per heavy atom. The van der Waals surface area contributed by atoms with Gasteiger partial charge in [-0.05, 0) is 19.3 Å². The molecule has 0 atom stereocenters. The first-order chi connectivity index (χ1) is 3.93. The van der Waals surface area contributed by atoms with Gasteiger partial charge in [0.05, 0.1) is 0 Å². The molecule has 0 fully saturated rings. The topological polar surface area (TPSA) is 24.1 Å². The predicted octanol–water partition coefficient (Wildman–Crippen LogP) is 0.778. The van der Waals surface area contributed by atoms with Crippen molar-refractivity contribution in [2.45, 2.75) is 19.3 Å². The molecule has 0 saturated carbocycles. The molecule has 1 aliphatic carbocycles. The smallest absolute Gasteiger partial charge is 0.0222 e. The fraction of sp³-hybridized carbons (Fsp3) is 0.667. The summed E-state index contributed by atoms with van der Waals surface area (Å²) in [5.41, 5.74) is 7.29. The van der Waals surface area contributed by atoms with Gasteiger partial charge in [0.15, 0.2) is 0 Å². The van der Waals surface area contributed by atoms with Gasteiger partial charge in [0.1, 0.15) is 0 Å². The predicted molar refractivity (Wildman–Crippen MR) is 34.1 cm³/mol. The molecule has 46 valence electrons. The van der Waals surface area contributed by atoms with Crippen LogP contribution >= 0.6 is 0 Å². The second kappa shape index (κ2) is 2.72. The lowest BCUT2D eigenvalue weighted by molar-refractivity contribution is 0.665. The number of rotatable bonds is 2. The summed E-state index contributed by atoms with van der Waals surface area (Å²) in [4.78, 5) is 0. The van der Waals surface area contributed by atoms with Crippen LogP contribution in [-0.2, 0) is 0 Å². The van der Waals surface area contributed by atoms with E-state index in [2.05, 4.69) is 16.9 Å². The van der Waals surface area contributed by atoms with E-state index in [-0.39, 0.29) is 0 Å². The molecule has 0 bridgehead atoms. The lowest BCUT2D eigenvalue weighted by atomic mass is 10.3. The Hall–Kier alpha value is -0.500. The van der Waals surface area contributed by atoms with Crippen LogP contribution in [-0.4, -0.2) is 7.05 Å². The third-order valence-corrected chi connectivity index (χ3v) is 1.33. The van der Waals surface area contributed by atoms with Crippen molar-refractivity contribution in [2.24, 2.45) is 0 Å². The van der Waals surface area contributed by atoms with Gasteiger partial charge >= 0.3 is 0 Å². The van der Waals surface area contributed by atoms with Crippen LogP contribution in [0.3, 0.4) is 0 Å². The lowest BCUT2D eigenvalue weighted by Gasteiger charge is -2.01. The Balaban J connectivity index is 2.23. The summed E-state index contributed by atoms with van der Waals surface area (Å²) in [5, 5.41) is 0. The Morgan fingerprint density at radius 1 is 1.62 bits per heavy atom. The van der Waals surface area contributed by atoms with Crippen LogP contribution in [0.2, 0.25) is 0 Å². The molecule has 0 radical (unpaired) electrons. The first-order valence-electron chi connectivity index (χ1n) is 3.05. The zero-order chi connectivity index (χ0) is 5.82. The van der Waals surface area contributed by atoms with E-state index < -0.39 is 0 Å². The van der Waals surface area contributed by atoms with Gasteiger partial charge in [0, 0.05) is 12.7 Å². The minimum atomic E-state index is 1.21. The second-order valence-electron chi connectivity index (χ2n) is 2.00. The molecule has 0 aromatic heterocycles. The normalized spacial score (nSPS) is 18.4. The average molecular weight is 112 g/mol. The highest BCUT2D eigenvalue weighted by Gasteiger charge is 2.00. The summed E-state index contributed by atoms with van der Waals surface area (Å²) >= 11 is 0. The van der Waals surface area contributed by atoms with E-state index in [0.717, 1.165) is 0 Å². The van der Waals surface area contributed by atoms with E-state index in [4.69, 9.17) is 0 Å². The van der Waals surface area contributed by atoms with Crippen molar-refractivity contribution in [2.75, 3.05) is 7.05 Å². The monoisotopic (exact) mass is 112 g/mol. The van der Waals surface area contributed by atoms with Crippen molar-refractivity contribution in [1.29, 1.82) is 0 Å². The molecule has 2 N–H and O–H groups in total. The zero-order valence-corrected chi connectivity index (χ0v) is 5.20. The molecule has 0 saturated heterocycles. The van der Waals surface area contributed by atoms with E-state index in [1.807, 2.05) is 7.05 Å². The third-order valence-electron chi connectivity index (χ3n) is 1.33. The van der Waals surface area contributed by atoms with E-state index in [0.29, 0.717) is 0 Å². The van der Waals surface area contributed by atoms with Crippen molar-refractivity contribution in [3.63, 3.8) is 0 Å². The standard InChI is InChI=1S/C6H12N2/c1-7-8-6-4-2-3-5-6/h4,7-8H,2-3,5H2,1H3. The quantitative estimate of drug-likeness (QED) is 0.516. The summed E-state index contributed by atoms with van der Waals surface area (Å²) in [6.07, 6.45) is 5.99. The highest BCUT2D eigenvalue weighted by molar-refractivity contribution is 5.03. The van der Waals surface area contributed by atoms with Crippen LogP contribution in [0.1, 0.15) is 19.3 Å². The van der Waals surface area contributed by atoms with Gasteiger partial charge in [-0.2, -0.15) is 0 Å². The van der Waals surface area contributed by atoms with Gasteiger partial charge in [-0.25, -0.2) is 5.43 Å². The summed E-state index contributed by atoms with van der Waals surface area (Å²) in [6.45, 7) is 0. The maximum atomic E-state index is 3.06. The van der Waals surface area contributed by atoms with E-state index in [9.17, 15) is 0 Å². The molecule has 1 aliphatic rings. The molecule has 0 aliphatic heterocycles. The SMILES string of the molecule is CNNC1=CCCC1. The highest BCUT2D eigenvalue weighted by atomic mass is 15.3. The second-order valence-corrected chi connectivity index (χ2v) is 2.00. The fourth-order valence-corrected chi connectivity index (χ4v) is 0.945. The first kappa shape index (κ1) is 5.63. The van der Waals surface area contributed by atoms with Crippen molar-refractivity contribution in [3.8, 4) is 0 Å². The maximum absolute atomic E-state index is 3.06. The number of allylic oxidation sites excluding steroid dienone is 2. The van der Waals surface area contributed by atoms with Gasteiger partial charge in [0.2, 0.25) is 0 Å². The number of hydrogen-bond acceptors (Lipinski definition) is 2. The van der Waals surface area contributed by atoms with Gasteiger partial charge in [0.25, 0.3) is 0 Å². The molecular formula is C6H12N2. The van der Waals surface area contributed by atoms with Crippen LogP contribution < -0.4 is 10.9 Å². The van der Waals surface area contributed by atoms with Gasteiger partial charge in [-0.15, -0.1) is 0 Å². The molecule has 2 heteroatoms. The molecule has 0 amide bonds. The summed E-state index contributed by atoms with van der Waals surface area (Å²) in [6, 6.07) is 0. The van der Waals surface area contributed by atoms with Crippen LogP contribution in [0.4, 0.5) is 0 Å². The lowest BCUT2D eigenvalue weighted by Crippen LogP contribution is -2.25. The van der Waals surface area contributed by atoms with E-state index in [1.165, 1.54) is 25.0 Å². The van der Waals surface area contributed by atoms with Crippen molar-refractivity contribution < 1.29 is 0 Å². The molecule has 0 aromatic carbocycles. The van der Waals surface area contributed by atoms with Crippen LogP contribution in [0.5, 0.6) is 0 Å². The minimum Gasteiger partial charge on any atom is -0.326 e. The van der Waals surface area contributed by atoms with E-state index >= 15 is 0 Å². The minimum absolute atomic E-state index is 1.21. The number of hydrazine groups is 1. The molecule has 8 heavy (non-hydrogen) atoms. The van der Waals surface area contributed by atoms with Crippen LogP contribution in [0.15, 0.2) is 11.8 Å². The molecular weight excluding hydrogens is 100 g/mol. The fourth-order valence-electron chi connectivity index (χ4n) is 0.945. The van der Waals surface area contributed by atoms with Gasteiger partial charge in [-0.1, -0.05) is 6.08 Å². The Bertz CT molecular complexity index is 96.7. The van der Waals surface area contributed by atoms with Crippen molar-refractivity contribution in [3.05, 3.63) is 11.8 Å². The molecule has 0 spiro atoms. The molecule has 2 nitrogen and oxygen atoms in total. The van der Waals surface area contributed by atoms with Crippen molar-refractivity contribution >= 4 is 0 Å². The van der Waals surface area contributed by atoms with Gasteiger partial charge in [-0.3, -0.25) is 0 Å². The Kier molecular flexibility index (Phi) is 1.92. The summed E-state index contributed by atoms with van der Waals surface area (Å²) in [7, 11) is 1.89. The molecule has 0 heterocycles. The van der Waals surface area contributed by atoms with Crippen LogP contribution in [0.25, 0.3) is 0 Å². The zero-order valence-electron chi connectivity index (χ0n) is 5.20. The molecule has 1 rings (SSSR count). The van der Waals surface area contributed by atoms with Crippen LogP contribution in [0, 0.1) is 0 Å². The summed E-state index contributed by atoms with van der Waals surface area (Å²) in [5.74, 6) is 0. The van der Waals surface area contributed by atoms with E-state index in [1.54, 1.807) is 0 Å². The van der Waals surface area contributed by atoms with Crippen molar-refractivity contribution in [1.82, 2.24) is 10.9 Å². The number of hydrogen-bond donors (Lipinski definition) is 2. The first-order valence-corrected chi connectivity index (χ1v) is 3.05. The average Bonchev–Trinajstić information content (AvgIpc) is 2.19. The maximum Gasteiger partial charge on any atom is 0.0222 e. The summed E-state index contributed by atoms with van der Waals surface area (Å²) < 4.78 is 0. The largest absolute Gasteiger partial charge is 0.326 e. The molecule has 0 aromatic rings. The molecule has 0 unspecified atom stereocenters. The highest BCUT2D eigenvalue weighted by Crippen LogP contribution is 2.13. The third kappa shape index (κ3) is 1.23. The number of nitrogens with one attached hydrogen (secondary N) is 2.